The Hall–Kier alpha value is -1.96. The van der Waals surface area contributed by atoms with E-state index in [1.165, 1.54) is 18.2 Å². The van der Waals surface area contributed by atoms with E-state index in [0.29, 0.717) is 5.56 Å². The molecule has 0 aromatic heterocycles. The number of benzene rings is 1. The molecule has 19 heavy (non-hydrogen) atoms. The molecule has 1 aromatic carbocycles. The summed E-state index contributed by atoms with van der Waals surface area (Å²) < 4.78 is 35.7. The van der Waals surface area contributed by atoms with Crippen molar-refractivity contribution >= 4 is 5.91 Å². The topological polar surface area (TPSA) is 95.6 Å². The number of aromatic hydroxyl groups is 2. The Morgan fingerprint density at radius 1 is 1.32 bits per heavy atom. The van der Waals surface area contributed by atoms with Gasteiger partial charge >= 0.3 is 6.18 Å². The predicted octanol–water partition coefficient (Wildman–Crippen LogP) is 0.646. The second kappa shape index (κ2) is 5.79. The van der Waals surface area contributed by atoms with Crippen LogP contribution < -0.4 is 11.1 Å². The van der Waals surface area contributed by atoms with Crippen molar-refractivity contribution < 1.29 is 28.2 Å². The maximum absolute atomic E-state index is 11.9. The van der Waals surface area contributed by atoms with Crippen LogP contribution in [-0.2, 0) is 11.2 Å². The summed E-state index contributed by atoms with van der Waals surface area (Å²) in [7, 11) is 0. The van der Waals surface area contributed by atoms with Crippen molar-refractivity contribution in [2.45, 2.75) is 18.6 Å². The first-order valence-corrected chi connectivity index (χ1v) is 5.30. The highest BCUT2D eigenvalue weighted by Crippen LogP contribution is 2.25. The van der Waals surface area contributed by atoms with E-state index >= 15 is 0 Å². The average Bonchev–Trinajstić information content (AvgIpc) is 2.29. The summed E-state index contributed by atoms with van der Waals surface area (Å²) in [5.41, 5.74) is 5.86. The Morgan fingerprint density at radius 2 is 1.95 bits per heavy atom. The van der Waals surface area contributed by atoms with E-state index in [2.05, 4.69) is 0 Å². The van der Waals surface area contributed by atoms with Gasteiger partial charge in [0.1, 0.15) is 6.54 Å². The maximum atomic E-state index is 11.9. The van der Waals surface area contributed by atoms with Crippen molar-refractivity contribution in [2.75, 3.05) is 6.54 Å². The van der Waals surface area contributed by atoms with E-state index in [-0.39, 0.29) is 17.9 Å². The van der Waals surface area contributed by atoms with E-state index in [1.807, 2.05) is 0 Å². The summed E-state index contributed by atoms with van der Waals surface area (Å²) in [5.74, 6) is -1.66. The lowest BCUT2D eigenvalue weighted by atomic mass is 10.1. The summed E-state index contributed by atoms with van der Waals surface area (Å²) in [6.45, 7) is -1.44. The molecule has 1 aromatic rings. The highest BCUT2D eigenvalue weighted by atomic mass is 19.4. The lowest BCUT2D eigenvalue weighted by Crippen LogP contribution is -2.45. The molecule has 0 saturated heterocycles. The third-order valence-corrected chi connectivity index (χ3v) is 2.30. The van der Waals surface area contributed by atoms with E-state index < -0.39 is 24.7 Å². The molecule has 106 valence electrons. The second-order valence-corrected chi connectivity index (χ2v) is 3.97. The second-order valence-electron chi connectivity index (χ2n) is 3.97. The molecule has 0 aliphatic carbocycles. The summed E-state index contributed by atoms with van der Waals surface area (Å²) in [6.07, 6.45) is -4.55. The van der Waals surface area contributed by atoms with Crippen LogP contribution in [0, 0.1) is 0 Å². The van der Waals surface area contributed by atoms with E-state index in [9.17, 15) is 23.1 Å². The number of hydrogen-bond donors (Lipinski definition) is 4. The largest absolute Gasteiger partial charge is 0.504 e. The van der Waals surface area contributed by atoms with E-state index in [1.54, 1.807) is 5.32 Å². The van der Waals surface area contributed by atoms with Crippen molar-refractivity contribution in [3.8, 4) is 11.5 Å². The Kier molecular flexibility index (Phi) is 4.60. The third kappa shape index (κ3) is 5.04. The number of nitrogens with two attached hydrogens (primary N) is 1. The summed E-state index contributed by atoms with van der Waals surface area (Å²) in [4.78, 5) is 11.3. The van der Waals surface area contributed by atoms with Crippen LogP contribution in [0.2, 0.25) is 0 Å². The van der Waals surface area contributed by atoms with Crippen molar-refractivity contribution in [1.82, 2.24) is 5.32 Å². The zero-order valence-corrected chi connectivity index (χ0v) is 9.74. The molecule has 8 heteroatoms. The molecule has 0 radical (unpaired) electrons. The van der Waals surface area contributed by atoms with E-state index in [0.717, 1.165) is 0 Å². The van der Waals surface area contributed by atoms with Crippen LogP contribution in [0.3, 0.4) is 0 Å². The van der Waals surface area contributed by atoms with Crippen molar-refractivity contribution in [2.24, 2.45) is 5.73 Å². The Labute approximate surface area is 106 Å². The van der Waals surface area contributed by atoms with Crippen LogP contribution in [0.15, 0.2) is 18.2 Å². The first-order chi connectivity index (χ1) is 8.69. The van der Waals surface area contributed by atoms with Gasteiger partial charge in [-0.1, -0.05) is 6.07 Å². The molecular formula is C11H13F3N2O3. The van der Waals surface area contributed by atoms with Gasteiger partial charge in [-0.05, 0) is 24.1 Å². The quantitative estimate of drug-likeness (QED) is 0.608. The van der Waals surface area contributed by atoms with Crippen LogP contribution in [0.25, 0.3) is 0 Å². The Balaban J connectivity index is 2.56. The fourth-order valence-electron chi connectivity index (χ4n) is 1.36. The van der Waals surface area contributed by atoms with Crippen LogP contribution in [0.5, 0.6) is 11.5 Å². The molecule has 1 atom stereocenters. The van der Waals surface area contributed by atoms with Crippen LogP contribution >= 0.6 is 0 Å². The average molecular weight is 278 g/mol. The molecule has 0 unspecified atom stereocenters. The zero-order valence-electron chi connectivity index (χ0n) is 9.74. The zero-order chi connectivity index (χ0) is 14.6. The SMILES string of the molecule is N[C@@H](Cc1ccc(O)c(O)c1)C(=O)NCC(F)(F)F. The van der Waals surface area contributed by atoms with Gasteiger partial charge < -0.3 is 21.3 Å². The molecule has 0 spiro atoms. The fraction of sp³-hybridized carbons (Fsp3) is 0.364. The monoisotopic (exact) mass is 278 g/mol. The molecule has 0 aliphatic heterocycles. The molecule has 5 nitrogen and oxygen atoms in total. The lowest BCUT2D eigenvalue weighted by Gasteiger charge is -2.14. The number of halogens is 3. The first-order valence-electron chi connectivity index (χ1n) is 5.30. The minimum absolute atomic E-state index is 0.0580. The smallest absolute Gasteiger partial charge is 0.405 e. The third-order valence-electron chi connectivity index (χ3n) is 2.30. The fourth-order valence-corrected chi connectivity index (χ4v) is 1.36. The van der Waals surface area contributed by atoms with Gasteiger partial charge in [0.05, 0.1) is 6.04 Å². The van der Waals surface area contributed by atoms with Gasteiger partial charge in [-0.2, -0.15) is 13.2 Å². The van der Waals surface area contributed by atoms with Gasteiger partial charge in [-0.3, -0.25) is 4.79 Å². The molecule has 1 amide bonds. The number of phenolic OH excluding ortho intramolecular Hbond substituents is 2. The number of rotatable bonds is 4. The molecule has 0 bridgehead atoms. The molecule has 5 N–H and O–H groups in total. The number of carbonyl (C=O) groups excluding carboxylic acids is 1. The van der Waals surface area contributed by atoms with Gasteiger partial charge in [0, 0.05) is 0 Å². The number of hydrogen-bond acceptors (Lipinski definition) is 4. The van der Waals surface area contributed by atoms with Gasteiger partial charge in [-0.25, -0.2) is 0 Å². The van der Waals surface area contributed by atoms with Crippen molar-refractivity contribution in [3.05, 3.63) is 23.8 Å². The van der Waals surface area contributed by atoms with E-state index in [4.69, 9.17) is 10.8 Å². The minimum Gasteiger partial charge on any atom is -0.504 e. The molecule has 0 heterocycles. The number of alkyl halides is 3. The molecule has 0 aliphatic rings. The number of phenols is 2. The Morgan fingerprint density at radius 3 is 2.47 bits per heavy atom. The summed E-state index contributed by atoms with van der Waals surface area (Å²) >= 11 is 0. The number of nitrogens with one attached hydrogen (secondary N) is 1. The number of carbonyl (C=O) groups is 1. The molecule has 0 fully saturated rings. The van der Waals surface area contributed by atoms with Crippen LogP contribution in [-0.4, -0.2) is 34.9 Å². The summed E-state index contributed by atoms with van der Waals surface area (Å²) in [6, 6.07) is 2.62. The van der Waals surface area contributed by atoms with Gasteiger partial charge in [0.25, 0.3) is 0 Å². The van der Waals surface area contributed by atoms with Crippen LogP contribution in [0.4, 0.5) is 13.2 Å². The highest BCUT2D eigenvalue weighted by molar-refractivity contribution is 5.81. The molecular weight excluding hydrogens is 265 g/mol. The van der Waals surface area contributed by atoms with Gasteiger partial charge in [-0.15, -0.1) is 0 Å². The maximum Gasteiger partial charge on any atom is 0.405 e. The van der Waals surface area contributed by atoms with Crippen molar-refractivity contribution in [3.63, 3.8) is 0 Å². The first kappa shape index (κ1) is 15.1. The van der Waals surface area contributed by atoms with Crippen LogP contribution in [0.1, 0.15) is 5.56 Å². The standard InChI is InChI=1S/C11H13F3N2O3/c12-11(13,14)5-16-10(19)7(15)3-6-1-2-8(17)9(18)4-6/h1-2,4,7,17-18H,3,5,15H2,(H,16,19)/t7-/m0/s1. The summed E-state index contributed by atoms with van der Waals surface area (Å²) in [5, 5.41) is 20.0. The van der Waals surface area contributed by atoms with Gasteiger partial charge in [0.15, 0.2) is 11.5 Å². The van der Waals surface area contributed by atoms with Crippen molar-refractivity contribution in [1.29, 1.82) is 0 Å². The lowest BCUT2D eigenvalue weighted by molar-refractivity contribution is -0.139. The number of amides is 1. The molecule has 0 saturated carbocycles. The molecule has 1 rings (SSSR count). The predicted molar refractivity (Wildman–Crippen MR) is 60.5 cm³/mol. The minimum atomic E-state index is -4.49. The Bertz CT molecular complexity index is 463. The van der Waals surface area contributed by atoms with Gasteiger partial charge in [0.2, 0.25) is 5.91 Å². The normalized spacial score (nSPS) is 13.1. The highest BCUT2D eigenvalue weighted by Gasteiger charge is 2.28.